The van der Waals surface area contributed by atoms with Gasteiger partial charge in [0.15, 0.2) is 11.5 Å². The molecule has 8 heteroatoms. The van der Waals surface area contributed by atoms with Crippen molar-refractivity contribution in [2.24, 2.45) is 0 Å². The van der Waals surface area contributed by atoms with E-state index in [4.69, 9.17) is 13.9 Å². The van der Waals surface area contributed by atoms with Crippen molar-refractivity contribution in [3.63, 3.8) is 0 Å². The minimum atomic E-state index is -0.950. The summed E-state index contributed by atoms with van der Waals surface area (Å²) in [6.45, 7) is 1.82. The molecule has 4 rings (SSSR count). The normalized spacial score (nSPS) is 17.4. The van der Waals surface area contributed by atoms with Gasteiger partial charge in [0.2, 0.25) is 0 Å². The molecule has 1 aromatic heterocycles. The van der Waals surface area contributed by atoms with E-state index in [0.29, 0.717) is 22.6 Å². The highest BCUT2D eigenvalue weighted by atomic mass is 16.5. The molecule has 2 aromatic carbocycles. The Kier molecular flexibility index (Phi) is 5.83. The molecule has 33 heavy (non-hydrogen) atoms. The lowest BCUT2D eigenvalue weighted by Crippen LogP contribution is -2.29. The van der Waals surface area contributed by atoms with Gasteiger partial charge in [0.25, 0.3) is 11.7 Å². The van der Waals surface area contributed by atoms with E-state index in [2.05, 4.69) is 0 Å². The van der Waals surface area contributed by atoms with Gasteiger partial charge >= 0.3 is 0 Å². The number of amides is 1. The second-order valence-corrected chi connectivity index (χ2v) is 7.62. The lowest BCUT2D eigenvalue weighted by Gasteiger charge is -2.25. The predicted octanol–water partition coefficient (Wildman–Crippen LogP) is 3.93. The van der Waals surface area contributed by atoms with Gasteiger partial charge in [0.1, 0.15) is 17.3 Å². The molecule has 1 fully saturated rings. The number of methoxy groups -OCH3 is 2. The fourth-order valence-electron chi connectivity index (χ4n) is 4.02. The van der Waals surface area contributed by atoms with Crippen LogP contribution in [-0.2, 0) is 16.1 Å². The monoisotopic (exact) mass is 449 g/mol. The van der Waals surface area contributed by atoms with E-state index in [9.17, 15) is 19.8 Å². The third kappa shape index (κ3) is 3.91. The van der Waals surface area contributed by atoms with Crippen LogP contribution in [0.15, 0.2) is 64.8 Å². The Hall–Kier alpha value is -4.20. The molecule has 1 amide bonds. The van der Waals surface area contributed by atoms with Crippen molar-refractivity contribution in [3.8, 4) is 17.2 Å². The maximum Gasteiger partial charge on any atom is 0.296 e. The second-order valence-electron chi connectivity index (χ2n) is 7.62. The highest BCUT2D eigenvalue weighted by Crippen LogP contribution is 2.42. The summed E-state index contributed by atoms with van der Waals surface area (Å²) >= 11 is 0. The molecular weight excluding hydrogens is 426 g/mol. The molecule has 2 heterocycles. The summed E-state index contributed by atoms with van der Waals surface area (Å²) in [5.41, 5.74) is 1.48. The second kappa shape index (κ2) is 8.74. The number of nitrogens with zero attached hydrogens (tertiary/aromatic N) is 1. The van der Waals surface area contributed by atoms with Crippen molar-refractivity contribution in [2.75, 3.05) is 14.2 Å². The van der Waals surface area contributed by atoms with E-state index in [-0.39, 0.29) is 29.4 Å². The van der Waals surface area contributed by atoms with Crippen LogP contribution in [0, 0.1) is 6.92 Å². The number of phenolic OH excluding ortho intramolecular Hbond substituents is 1. The van der Waals surface area contributed by atoms with Crippen molar-refractivity contribution < 1.29 is 33.7 Å². The average molecular weight is 449 g/mol. The summed E-state index contributed by atoms with van der Waals surface area (Å²) in [6.07, 6.45) is 1.47. The van der Waals surface area contributed by atoms with E-state index >= 15 is 0 Å². The minimum absolute atomic E-state index is 0.00739. The molecule has 1 atom stereocenters. The molecule has 1 aliphatic rings. The number of aromatic hydroxyl groups is 1. The van der Waals surface area contributed by atoms with Crippen LogP contribution >= 0.6 is 0 Å². The molecule has 1 saturated heterocycles. The SMILES string of the molecule is COc1ccc(/C(O)=C2/C(=O)C(=O)N(Cc3ccco3)C2c2ccc(OC)c(O)c2)cc1C. The number of hydrogen-bond donors (Lipinski definition) is 2. The zero-order valence-electron chi connectivity index (χ0n) is 18.4. The highest BCUT2D eigenvalue weighted by Gasteiger charge is 2.46. The highest BCUT2D eigenvalue weighted by molar-refractivity contribution is 6.46. The summed E-state index contributed by atoms with van der Waals surface area (Å²) in [5, 5.41) is 21.5. The van der Waals surface area contributed by atoms with E-state index in [1.807, 2.05) is 6.92 Å². The quantitative estimate of drug-likeness (QED) is 0.333. The van der Waals surface area contributed by atoms with Crippen LogP contribution in [0.2, 0.25) is 0 Å². The first-order chi connectivity index (χ1) is 15.8. The maximum absolute atomic E-state index is 13.1. The van der Waals surface area contributed by atoms with Crippen molar-refractivity contribution in [2.45, 2.75) is 19.5 Å². The van der Waals surface area contributed by atoms with Gasteiger partial charge < -0.3 is 29.0 Å². The Morgan fingerprint density at radius 2 is 1.79 bits per heavy atom. The van der Waals surface area contributed by atoms with Crippen LogP contribution in [0.1, 0.15) is 28.5 Å². The van der Waals surface area contributed by atoms with E-state index in [1.165, 1.54) is 37.5 Å². The first-order valence-electron chi connectivity index (χ1n) is 10.2. The molecule has 0 bridgehead atoms. The average Bonchev–Trinajstić information content (AvgIpc) is 3.41. The van der Waals surface area contributed by atoms with Crippen LogP contribution in [-0.4, -0.2) is 41.0 Å². The van der Waals surface area contributed by atoms with Crippen LogP contribution in [0.25, 0.3) is 5.76 Å². The zero-order chi connectivity index (χ0) is 23.7. The Labute approximate surface area is 190 Å². The minimum Gasteiger partial charge on any atom is -0.507 e. The van der Waals surface area contributed by atoms with Crippen molar-refractivity contribution >= 4 is 17.4 Å². The molecule has 3 aromatic rings. The summed E-state index contributed by atoms with van der Waals surface area (Å²) in [5.74, 6) is -0.736. The van der Waals surface area contributed by atoms with Gasteiger partial charge in [-0.15, -0.1) is 0 Å². The summed E-state index contributed by atoms with van der Waals surface area (Å²) in [6, 6.07) is 12.0. The maximum atomic E-state index is 13.1. The largest absolute Gasteiger partial charge is 0.507 e. The summed E-state index contributed by atoms with van der Waals surface area (Å²) in [7, 11) is 2.96. The molecule has 0 radical (unpaired) electrons. The molecule has 8 nitrogen and oxygen atoms in total. The standard InChI is InChI=1S/C25H23NO7/c1-14-11-16(7-8-19(14)31-2)23(28)21-22(15-6-9-20(32-3)18(27)12-15)26(25(30)24(21)29)13-17-5-4-10-33-17/h4-12,22,27-28H,13H2,1-3H3/b23-21-. The van der Waals surface area contributed by atoms with Gasteiger partial charge in [0, 0.05) is 5.56 Å². The van der Waals surface area contributed by atoms with Gasteiger partial charge in [-0.1, -0.05) is 6.07 Å². The van der Waals surface area contributed by atoms with E-state index in [0.717, 1.165) is 5.56 Å². The number of phenols is 1. The van der Waals surface area contributed by atoms with E-state index in [1.54, 1.807) is 36.4 Å². The summed E-state index contributed by atoms with van der Waals surface area (Å²) < 4.78 is 15.8. The third-order valence-electron chi connectivity index (χ3n) is 5.63. The summed E-state index contributed by atoms with van der Waals surface area (Å²) in [4.78, 5) is 27.4. The molecule has 170 valence electrons. The topological polar surface area (TPSA) is 109 Å². The number of Topliss-reactive ketones (excluding diaryl/α,β-unsaturated/α-hetero) is 1. The number of furan rings is 1. The number of rotatable bonds is 6. The van der Waals surface area contributed by atoms with E-state index < -0.39 is 17.7 Å². The smallest absolute Gasteiger partial charge is 0.296 e. The van der Waals surface area contributed by atoms with Gasteiger partial charge in [-0.25, -0.2) is 0 Å². The number of ether oxygens (including phenoxy) is 2. The Balaban J connectivity index is 1.88. The number of aryl methyl sites for hydroxylation is 1. The lowest BCUT2D eigenvalue weighted by atomic mass is 9.94. The van der Waals surface area contributed by atoms with Crippen LogP contribution in [0.5, 0.6) is 17.2 Å². The van der Waals surface area contributed by atoms with Crippen molar-refractivity contribution in [3.05, 3.63) is 82.8 Å². The number of carbonyl (C=O) groups excluding carboxylic acids is 2. The number of aliphatic hydroxyl groups is 1. The Morgan fingerprint density at radius 1 is 1.06 bits per heavy atom. The van der Waals surface area contributed by atoms with Gasteiger partial charge in [-0.2, -0.15) is 0 Å². The van der Waals surface area contributed by atoms with Crippen LogP contribution in [0.3, 0.4) is 0 Å². The number of hydrogen-bond acceptors (Lipinski definition) is 7. The van der Waals surface area contributed by atoms with Crippen molar-refractivity contribution in [1.29, 1.82) is 0 Å². The molecule has 1 aliphatic heterocycles. The molecular formula is C25H23NO7. The fourth-order valence-corrected chi connectivity index (χ4v) is 4.02. The molecule has 0 spiro atoms. The number of carbonyl (C=O) groups is 2. The molecule has 2 N–H and O–H groups in total. The van der Waals surface area contributed by atoms with Crippen LogP contribution in [0.4, 0.5) is 0 Å². The number of benzene rings is 2. The number of likely N-dealkylation sites (tertiary alicyclic amines) is 1. The fraction of sp³-hybridized carbons (Fsp3) is 0.200. The Morgan fingerprint density at radius 3 is 2.39 bits per heavy atom. The Bertz CT molecular complexity index is 1240. The van der Waals surface area contributed by atoms with Crippen LogP contribution < -0.4 is 9.47 Å². The van der Waals surface area contributed by atoms with Gasteiger partial charge in [-0.05, 0) is 60.5 Å². The number of ketones is 1. The zero-order valence-corrected chi connectivity index (χ0v) is 18.4. The lowest BCUT2D eigenvalue weighted by molar-refractivity contribution is -0.140. The third-order valence-corrected chi connectivity index (χ3v) is 5.63. The molecule has 1 unspecified atom stereocenters. The molecule has 0 saturated carbocycles. The number of aliphatic hydroxyl groups excluding tert-OH is 1. The predicted molar refractivity (Wildman–Crippen MR) is 119 cm³/mol. The first-order valence-corrected chi connectivity index (χ1v) is 10.2. The van der Waals surface area contributed by atoms with Gasteiger partial charge in [-0.3, -0.25) is 9.59 Å². The first kappa shape index (κ1) is 22.0. The van der Waals surface area contributed by atoms with Crippen molar-refractivity contribution in [1.82, 2.24) is 4.90 Å². The molecule has 0 aliphatic carbocycles. The van der Waals surface area contributed by atoms with Gasteiger partial charge in [0.05, 0.1) is 38.6 Å².